The number of methoxy groups -OCH3 is 2. The van der Waals surface area contributed by atoms with Gasteiger partial charge in [0.2, 0.25) is 0 Å². The van der Waals surface area contributed by atoms with E-state index < -0.39 is 6.10 Å². The zero-order chi connectivity index (χ0) is 15.9. The van der Waals surface area contributed by atoms with E-state index in [1.54, 1.807) is 14.2 Å². The van der Waals surface area contributed by atoms with Crippen LogP contribution in [0.2, 0.25) is 0 Å². The Morgan fingerprint density at radius 1 is 1.05 bits per heavy atom. The lowest BCUT2D eigenvalue weighted by molar-refractivity contribution is 0.0103. The second kappa shape index (κ2) is 14.7. The summed E-state index contributed by atoms with van der Waals surface area (Å²) in [5.41, 5.74) is 0. The SMILES string of the molecule is CCCCC(CC)COCC(O)CNCC(COC)OC. The Morgan fingerprint density at radius 2 is 1.81 bits per heavy atom. The zero-order valence-electron chi connectivity index (χ0n) is 14.3. The molecule has 0 saturated heterocycles. The van der Waals surface area contributed by atoms with Gasteiger partial charge in [0.05, 0.1) is 25.4 Å². The Hall–Kier alpha value is -0.200. The quantitative estimate of drug-likeness (QED) is 0.483. The Balaban J connectivity index is 3.62. The van der Waals surface area contributed by atoms with E-state index >= 15 is 0 Å². The summed E-state index contributed by atoms with van der Waals surface area (Å²) in [6.07, 6.45) is 4.37. The van der Waals surface area contributed by atoms with E-state index in [2.05, 4.69) is 19.2 Å². The first-order valence-corrected chi connectivity index (χ1v) is 8.16. The van der Waals surface area contributed by atoms with Crippen LogP contribution in [0.1, 0.15) is 39.5 Å². The van der Waals surface area contributed by atoms with Crippen molar-refractivity contribution in [2.45, 2.75) is 51.7 Å². The van der Waals surface area contributed by atoms with Gasteiger partial charge in [-0.1, -0.05) is 33.1 Å². The highest BCUT2D eigenvalue weighted by Gasteiger charge is 2.10. The van der Waals surface area contributed by atoms with E-state index in [1.165, 1.54) is 19.3 Å². The third-order valence-electron chi connectivity index (χ3n) is 3.64. The molecule has 21 heavy (non-hydrogen) atoms. The number of nitrogens with one attached hydrogen (secondary N) is 1. The van der Waals surface area contributed by atoms with Crippen LogP contribution in [-0.4, -0.2) is 64.4 Å². The maximum absolute atomic E-state index is 9.87. The highest BCUT2D eigenvalue weighted by Crippen LogP contribution is 2.12. The molecule has 0 heterocycles. The predicted molar refractivity (Wildman–Crippen MR) is 85.7 cm³/mol. The minimum absolute atomic E-state index is 0.0154. The molecule has 0 bridgehead atoms. The zero-order valence-corrected chi connectivity index (χ0v) is 14.3. The van der Waals surface area contributed by atoms with Crippen LogP contribution in [0.3, 0.4) is 0 Å². The molecule has 0 aliphatic heterocycles. The van der Waals surface area contributed by atoms with E-state index in [4.69, 9.17) is 14.2 Å². The van der Waals surface area contributed by atoms with Crippen molar-refractivity contribution in [2.75, 3.05) is 47.1 Å². The summed E-state index contributed by atoms with van der Waals surface area (Å²) in [5, 5.41) is 13.0. The minimum Gasteiger partial charge on any atom is -0.389 e. The summed E-state index contributed by atoms with van der Waals surface area (Å²) in [6, 6.07) is 0. The molecule has 5 nitrogen and oxygen atoms in total. The molecule has 0 aromatic carbocycles. The number of ether oxygens (including phenoxy) is 3. The minimum atomic E-state index is -0.478. The van der Waals surface area contributed by atoms with E-state index in [0.29, 0.717) is 32.2 Å². The molecule has 0 amide bonds. The van der Waals surface area contributed by atoms with Crippen LogP contribution in [0.5, 0.6) is 0 Å². The third kappa shape index (κ3) is 12.1. The molecular formula is C16H35NO4. The van der Waals surface area contributed by atoms with Gasteiger partial charge in [0.25, 0.3) is 0 Å². The second-order valence-corrected chi connectivity index (χ2v) is 5.58. The van der Waals surface area contributed by atoms with Gasteiger partial charge in [0.15, 0.2) is 0 Å². The molecule has 0 spiro atoms. The van der Waals surface area contributed by atoms with Crippen LogP contribution in [0.15, 0.2) is 0 Å². The topological polar surface area (TPSA) is 60.0 Å². The van der Waals surface area contributed by atoms with Crippen molar-refractivity contribution in [3.8, 4) is 0 Å². The molecule has 0 fully saturated rings. The lowest BCUT2D eigenvalue weighted by Crippen LogP contribution is -2.37. The Bertz CT molecular complexity index is 216. The summed E-state index contributed by atoms with van der Waals surface area (Å²) in [7, 11) is 3.31. The monoisotopic (exact) mass is 305 g/mol. The number of hydrogen-bond donors (Lipinski definition) is 2. The van der Waals surface area contributed by atoms with Crippen molar-refractivity contribution in [2.24, 2.45) is 5.92 Å². The average molecular weight is 305 g/mol. The van der Waals surface area contributed by atoms with E-state index in [9.17, 15) is 5.11 Å². The van der Waals surface area contributed by atoms with Gasteiger partial charge in [0.1, 0.15) is 0 Å². The fourth-order valence-electron chi connectivity index (χ4n) is 2.13. The molecule has 3 unspecified atom stereocenters. The number of rotatable bonds is 15. The maximum Gasteiger partial charge on any atom is 0.0928 e. The van der Waals surface area contributed by atoms with Gasteiger partial charge in [0, 0.05) is 33.9 Å². The lowest BCUT2D eigenvalue weighted by Gasteiger charge is -2.19. The highest BCUT2D eigenvalue weighted by molar-refractivity contribution is 4.64. The Labute approximate surface area is 130 Å². The van der Waals surface area contributed by atoms with Gasteiger partial charge in [-0.05, 0) is 12.3 Å². The van der Waals surface area contributed by atoms with Crippen LogP contribution in [0.4, 0.5) is 0 Å². The molecule has 0 aliphatic rings. The summed E-state index contributed by atoms with van der Waals surface area (Å²) in [4.78, 5) is 0. The number of hydrogen-bond acceptors (Lipinski definition) is 5. The van der Waals surface area contributed by atoms with Crippen LogP contribution in [0.25, 0.3) is 0 Å². The molecular weight excluding hydrogens is 270 g/mol. The van der Waals surface area contributed by atoms with Crippen molar-refractivity contribution in [1.82, 2.24) is 5.32 Å². The van der Waals surface area contributed by atoms with Crippen molar-refractivity contribution in [3.63, 3.8) is 0 Å². The third-order valence-corrected chi connectivity index (χ3v) is 3.64. The number of aliphatic hydroxyl groups is 1. The largest absolute Gasteiger partial charge is 0.389 e. The normalized spacial score (nSPS) is 15.9. The lowest BCUT2D eigenvalue weighted by atomic mass is 10.0. The fourth-order valence-corrected chi connectivity index (χ4v) is 2.13. The molecule has 0 rings (SSSR count). The average Bonchev–Trinajstić information content (AvgIpc) is 2.49. The van der Waals surface area contributed by atoms with Crippen molar-refractivity contribution in [3.05, 3.63) is 0 Å². The van der Waals surface area contributed by atoms with Gasteiger partial charge in [-0.25, -0.2) is 0 Å². The molecule has 128 valence electrons. The van der Waals surface area contributed by atoms with Crippen LogP contribution in [0, 0.1) is 5.92 Å². The van der Waals surface area contributed by atoms with Crippen molar-refractivity contribution < 1.29 is 19.3 Å². The standard InChI is InChI=1S/C16H35NO4/c1-5-7-8-14(6-2)11-21-12-15(18)9-17-10-16(20-4)13-19-3/h14-18H,5-13H2,1-4H3. The summed E-state index contributed by atoms with van der Waals surface area (Å²) in [5.74, 6) is 0.615. The van der Waals surface area contributed by atoms with E-state index in [1.807, 2.05) is 0 Å². The van der Waals surface area contributed by atoms with Crippen LogP contribution < -0.4 is 5.32 Å². The highest BCUT2D eigenvalue weighted by atomic mass is 16.5. The van der Waals surface area contributed by atoms with Gasteiger partial charge in [-0.2, -0.15) is 0 Å². The molecule has 0 aliphatic carbocycles. The summed E-state index contributed by atoms with van der Waals surface area (Å²) in [6.45, 7) is 7.26. The molecule has 2 N–H and O–H groups in total. The van der Waals surface area contributed by atoms with Gasteiger partial charge in [-0.15, -0.1) is 0 Å². The second-order valence-electron chi connectivity index (χ2n) is 5.58. The molecule has 0 radical (unpaired) electrons. The number of aliphatic hydroxyl groups excluding tert-OH is 1. The molecule has 5 heteroatoms. The fraction of sp³-hybridized carbons (Fsp3) is 1.00. The Kier molecular flexibility index (Phi) is 14.6. The van der Waals surface area contributed by atoms with E-state index in [0.717, 1.165) is 13.0 Å². The van der Waals surface area contributed by atoms with Crippen molar-refractivity contribution in [1.29, 1.82) is 0 Å². The van der Waals surface area contributed by atoms with Crippen LogP contribution in [-0.2, 0) is 14.2 Å². The van der Waals surface area contributed by atoms with Crippen LogP contribution >= 0.6 is 0 Å². The molecule has 0 saturated carbocycles. The Morgan fingerprint density at radius 3 is 2.38 bits per heavy atom. The predicted octanol–water partition coefficient (Wildman–Crippen LogP) is 1.83. The molecule has 0 aromatic heterocycles. The van der Waals surface area contributed by atoms with Gasteiger partial charge in [-0.3, -0.25) is 0 Å². The van der Waals surface area contributed by atoms with Gasteiger partial charge >= 0.3 is 0 Å². The molecule has 3 atom stereocenters. The summed E-state index contributed by atoms with van der Waals surface area (Å²) >= 11 is 0. The van der Waals surface area contributed by atoms with Gasteiger partial charge < -0.3 is 24.6 Å². The molecule has 0 aromatic rings. The number of unbranched alkanes of at least 4 members (excludes halogenated alkanes) is 1. The van der Waals surface area contributed by atoms with Crippen molar-refractivity contribution >= 4 is 0 Å². The first-order valence-electron chi connectivity index (χ1n) is 8.16. The smallest absolute Gasteiger partial charge is 0.0928 e. The maximum atomic E-state index is 9.87. The van der Waals surface area contributed by atoms with E-state index in [-0.39, 0.29) is 6.10 Å². The summed E-state index contributed by atoms with van der Waals surface area (Å²) < 4.78 is 15.9. The first-order chi connectivity index (χ1) is 10.2. The first kappa shape index (κ1) is 20.8.